The molecule has 5 nitrogen and oxygen atoms in total. The number of nitrogens with zero attached hydrogens (tertiary/aromatic N) is 1. The Hall–Kier alpha value is -1.52. The Morgan fingerprint density at radius 2 is 2.29 bits per heavy atom. The normalized spacial score (nSPS) is 17.3. The van der Waals surface area contributed by atoms with E-state index in [1.807, 2.05) is 13.8 Å². The molecule has 0 aromatic heterocycles. The minimum atomic E-state index is -0.831. The average molecular weight is 240 g/mol. The van der Waals surface area contributed by atoms with Crippen LogP contribution in [-0.4, -0.2) is 41.1 Å². The Morgan fingerprint density at radius 3 is 2.88 bits per heavy atom. The predicted molar refractivity (Wildman–Crippen MR) is 64.8 cm³/mol. The summed E-state index contributed by atoms with van der Waals surface area (Å²) in [6.07, 6.45) is 3.57. The van der Waals surface area contributed by atoms with Crippen molar-refractivity contribution in [2.75, 3.05) is 13.1 Å². The largest absolute Gasteiger partial charge is 0.481 e. The van der Waals surface area contributed by atoms with Gasteiger partial charge in [0.05, 0.1) is 0 Å². The van der Waals surface area contributed by atoms with E-state index in [9.17, 15) is 9.59 Å². The highest BCUT2D eigenvalue weighted by atomic mass is 16.4. The van der Waals surface area contributed by atoms with Crippen molar-refractivity contribution in [2.45, 2.75) is 39.2 Å². The smallest absolute Gasteiger partial charge is 0.317 e. The Balaban J connectivity index is 2.33. The molecule has 17 heavy (non-hydrogen) atoms. The van der Waals surface area contributed by atoms with Crippen LogP contribution in [0.4, 0.5) is 4.79 Å². The van der Waals surface area contributed by atoms with Gasteiger partial charge in [-0.2, -0.15) is 0 Å². The molecule has 1 aliphatic rings. The number of nitrogens with one attached hydrogen (secondary N) is 1. The van der Waals surface area contributed by atoms with Gasteiger partial charge in [0.1, 0.15) is 0 Å². The molecule has 0 aliphatic carbocycles. The summed E-state index contributed by atoms with van der Waals surface area (Å²) in [7, 11) is 0. The van der Waals surface area contributed by atoms with E-state index in [4.69, 9.17) is 5.11 Å². The SMILES string of the molecule is CC1=CCCN(C(=O)NC(C)CCC(=O)O)C1. The molecule has 0 bridgehead atoms. The Kier molecular flexibility index (Phi) is 5.00. The zero-order chi connectivity index (χ0) is 12.8. The van der Waals surface area contributed by atoms with Crippen LogP contribution in [0.2, 0.25) is 0 Å². The van der Waals surface area contributed by atoms with Crippen LogP contribution in [-0.2, 0) is 4.79 Å². The molecule has 1 atom stereocenters. The van der Waals surface area contributed by atoms with Crippen LogP contribution in [0, 0.1) is 0 Å². The van der Waals surface area contributed by atoms with Crippen molar-refractivity contribution >= 4 is 12.0 Å². The molecule has 0 spiro atoms. The second-order valence-corrected chi connectivity index (χ2v) is 4.54. The number of carbonyl (C=O) groups is 2. The highest BCUT2D eigenvalue weighted by Crippen LogP contribution is 2.09. The minimum absolute atomic E-state index is 0.0837. The van der Waals surface area contributed by atoms with Crippen LogP contribution >= 0.6 is 0 Å². The lowest BCUT2D eigenvalue weighted by molar-refractivity contribution is -0.137. The third-order valence-corrected chi connectivity index (χ3v) is 2.78. The number of urea groups is 1. The molecule has 96 valence electrons. The van der Waals surface area contributed by atoms with Crippen LogP contribution in [0.5, 0.6) is 0 Å². The lowest BCUT2D eigenvalue weighted by Crippen LogP contribution is -2.45. The van der Waals surface area contributed by atoms with E-state index in [0.717, 1.165) is 13.0 Å². The van der Waals surface area contributed by atoms with Crippen LogP contribution in [0.3, 0.4) is 0 Å². The van der Waals surface area contributed by atoms with Gasteiger partial charge < -0.3 is 15.3 Å². The fourth-order valence-corrected chi connectivity index (χ4v) is 1.80. The van der Waals surface area contributed by atoms with Gasteiger partial charge in [-0.1, -0.05) is 11.6 Å². The maximum absolute atomic E-state index is 11.8. The lowest BCUT2D eigenvalue weighted by atomic mass is 10.1. The predicted octanol–water partition coefficient (Wildman–Crippen LogP) is 1.60. The van der Waals surface area contributed by atoms with Crippen LogP contribution in [0.15, 0.2) is 11.6 Å². The first kappa shape index (κ1) is 13.5. The van der Waals surface area contributed by atoms with Gasteiger partial charge in [0.15, 0.2) is 0 Å². The maximum Gasteiger partial charge on any atom is 0.317 e. The van der Waals surface area contributed by atoms with E-state index >= 15 is 0 Å². The molecule has 0 aromatic rings. The van der Waals surface area contributed by atoms with Crippen molar-refractivity contribution in [2.24, 2.45) is 0 Å². The number of hydrogen-bond acceptors (Lipinski definition) is 2. The topological polar surface area (TPSA) is 69.6 Å². The molecule has 1 aliphatic heterocycles. The standard InChI is InChI=1S/C12H20N2O3/c1-9-4-3-7-14(8-9)12(17)13-10(2)5-6-11(15)16/h4,10H,3,5-8H2,1-2H3,(H,13,17)(H,15,16). The van der Waals surface area contributed by atoms with Crippen LogP contribution in [0.1, 0.15) is 33.1 Å². The summed E-state index contributed by atoms with van der Waals surface area (Å²) < 4.78 is 0. The zero-order valence-electron chi connectivity index (χ0n) is 10.4. The number of carboxylic acid groups (broad SMARTS) is 1. The van der Waals surface area contributed by atoms with Crippen molar-refractivity contribution in [1.82, 2.24) is 10.2 Å². The summed E-state index contributed by atoms with van der Waals surface area (Å²) in [6.45, 7) is 5.23. The molecule has 1 rings (SSSR count). The molecule has 0 fully saturated rings. The maximum atomic E-state index is 11.8. The molecule has 0 radical (unpaired) electrons. The first-order chi connectivity index (χ1) is 7.99. The fraction of sp³-hybridized carbons (Fsp3) is 0.667. The van der Waals surface area contributed by atoms with Gasteiger partial charge in [-0.3, -0.25) is 4.79 Å². The van der Waals surface area contributed by atoms with Crippen molar-refractivity contribution < 1.29 is 14.7 Å². The van der Waals surface area contributed by atoms with E-state index in [2.05, 4.69) is 11.4 Å². The van der Waals surface area contributed by atoms with Crippen molar-refractivity contribution in [3.8, 4) is 0 Å². The van der Waals surface area contributed by atoms with E-state index in [0.29, 0.717) is 13.0 Å². The molecule has 1 heterocycles. The van der Waals surface area contributed by atoms with Gasteiger partial charge >= 0.3 is 12.0 Å². The van der Waals surface area contributed by atoms with Gasteiger partial charge in [0.25, 0.3) is 0 Å². The number of hydrogen-bond donors (Lipinski definition) is 2. The summed E-state index contributed by atoms with van der Waals surface area (Å²) in [5, 5.41) is 11.4. The van der Waals surface area contributed by atoms with E-state index in [1.54, 1.807) is 4.90 Å². The second-order valence-electron chi connectivity index (χ2n) is 4.54. The third-order valence-electron chi connectivity index (χ3n) is 2.78. The van der Waals surface area contributed by atoms with E-state index < -0.39 is 5.97 Å². The Labute approximate surface area is 101 Å². The highest BCUT2D eigenvalue weighted by molar-refractivity contribution is 5.75. The fourth-order valence-electron chi connectivity index (χ4n) is 1.80. The quantitative estimate of drug-likeness (QED) is 0.733. The first-order valence-electron chi connectivity index (χ1n) is 5.92. The zero-order valence-corrected chi connectivity index (χ0v) is 10.4. The lowest BCUT2D eigenvalue weighted by Gasteiger charge is -2.27. The average Bonchev–Trinajstić information content (AvgIpc) is 2.26. The number of aliphatic carboxylic acids is 1. The number of carbonyl (C=O) groups excluding carboxylic acids is 1. The first-order valence-corrected chi connectivity index (χ1v) is 5.92. The van der Waals surface area contributed by atoms with Gasteiger partial charge in [-0.15, -0.1) is 0 Å². The van der Waals surface area contributed by atoms with Crippen molar-refractivity contribution in [3.05, 3.63) is 11.6 Å². The van der Waals surface area contributed by atoms with Gasteiger partial charge in [0, 0.05) is 25.6 Å². The van der Waals surface area contributed by atoms with Gasteiger partial charge in [-0.05, 0) is 26.7 Å². The van der Waals surface area contributed by atoms with Gasteiger partial charge in [-0.25, -0.2) is 4.79 Å². The molecule has 0 saturated carbocycles. The number of amides is 2. The monoisotopic (exact) mass is 240 g/mol. The highest BCUT2D eigenvalue weighted by Gasteiger charge is 2.18. The van der Waals surface area contributed by atoms with Crippen LogP contribution in [0.25, 0.3) is 0 Å². The molecule has 5 heteroatoms. The van der Waals surface area contributed by atoms with Crippen molar-refractivity contribution in [1.29, 1.82) is 0 Å². The number of carboxylic acids is 1. The molecule has 0 aromatic carbocycles. The Bertz CT molecular complexity index is 326. The summed E-state index contributed by atoms with van der Waals surface area (Å²) in [4.78, 5) is 24.0. The molecule has 2 amide bonds. The molecule has 1 unspecified atom stereocenters. The molecule has 0 saturated heterocycles. The summed E-state index contributed by atoms with van der Waals surface area (Å²) in [5.41, 5.74) is 1.20. The summed E-state index contributed by atoms with van der Waals surface area (Å²) >= 11 is 0. The molecular formula is C12H20N2O3. The van der Waals surface area contributed by atoms with E-state index in [-0.39, 0.29) is 18.5 Å². The Morgan fingerprint density at radius 1 is 1.59 bits per heavy atom. The summed E-state index contributed by atoms with van der Waals surface area (Å²) in [6, 6.07) is -0.208. The molecular weight excluding hydrogens is 220 g/mol. The van der Waals surface area contributed by atoms with E-state index in [1.165, 1.54) is 5.57 Å². The second kappa shape index (κ2) is 6.27. The van der Waals surface area contributed by atoms with Gasteiger partial charge in [0.2, 0.25) is 0 Å². The third kappa shape index (κ3) is 4.89. The number of rotatable bonds is 4. The van der Waals surface area contributed by atoms with Crippen molar-refractivity contribution in [3.63, 3.8) is 0 Å². The summed E-state index contributed by atoms with van der Waals surface area (Å²) in [5.74, 6) is -0.831. The minimum Gasteiger partial charge on any atom is -0.481 e. The van der Waals surface area contributed by atoms with Crippen LogP contribution < -0.4 is 5.32 Å². The molecule has 2 N–H and O–H groups in total.